The summed E-state index contributed by atoms with van der Waals surface area (Å²) in [5.74, 6) is 0.667. The standard InChI is InChI=1S/C14H22N2O2/c1-4-15-11(3)12-8-6-7-9-13(12)18-10-14(17)16-5-2/h6-9,11,15H,4-5,10H2,1-3H3,(H,16,17). The summed E-state index contributed by atoms with van der Waals surface area (Å²) in [6, 6.07) is 8.00. The largest absolute Gasteiger partial charge is 0.483 e. The van der Waals surface area contributed by atoms with E-state index in [1.54, 1.807) is 0 Å². The number of hydrogen-bond acceptors (Lipinski definition) is 3. The van der Waals surface area contributed by atoms with Gasteiger partial charge in [-0.3, -0.25) is 4.79 Å². The maximum Gasteiger partial charge on any atom is 0.257 e. The Kier molecular flexibility index (Phi) is 6.22. The van der Waals surface area contributed by atoms with Crippen LogP contribution in [0.2, 0.25) is 0 Å². The molecule has 0 saturated carbocycles. The third-order valence-corrected chi connectivity index (χ3v) is 2.63. The van der Waals surface area contributed by atoms with Crippen LogP contribution in [0.25, 0.3) is 0 Å². The van der Waals surface area contributed by atoms with Gasteiger partial charge in [-0.2, -0.15) is 0 Å². The van der Waals surface area contributed by atoms with Crippen LogP contribution in [0.4, 0.5) is 0 Å². The first-order valence-electron chi connectivity index (χ1n) is 6.40. The van der Waals surface area contributed by atoms with Gasteiger partial charge in [0.05, 0.1) is 0 Å². The number of ether oxygens (including phenoxy) is 1. The van der Waals surface area contributed by atoms with E-state index in [0.717, 1.165) is 17.9 Å². The Hall–Kier alpha value is -1.55. The summed E-state index contributed by atoms with van der Waals surface area (Å²) in [5.41, 5.74) is 1.07. The molecule has 1 rings (SSSR count). The van der Waals surface area contributed by atoms with Gasteiger partial charge in [0.15, 0.2) is 6.61 Å². The Bertz CT molecular complexity index is 380. The van der Waals surface area contributed by atoms with Crippen LogP contribution < -0.4 is 15.4 Å². The van der Waals surface area contributed by atoms with Gasteiger partial charge >= 0.3 is 0 Å². The topological polar surface area (TPSA) is 50.4 Å². The highest BCUT2D eigenvalue weighted by Gasteiger charge is 2.11. The number of carbonyl (C=O) groups excluding carboxylic acids is 1. The molecule has 0 aliphatic rings. The van der Waals surface area contributed by atoms with Gasteiger partial charge in [0.2, 0.25) is 0 Å². The number of rotatable bonds is 7. The average molecular weight is 250 g/mol. The van der Waals surface area contributed by atoms with E-state index in [0.29, 0.717) is 6.54 Å². The quantitative estimate of drug-likeness (QED) is 0.776. The van der Waals surface area contributed by atoms with Gasteiger partial charge in [-0.15, -0.1) is 0 Å². The fourth-order valence-corrected chi connectivity index (χ4v) is 1.78. The van der Waals surface area contributed by atoms with Gasteiger partial charge in [-0.1, -0.05) is 25.1 Å². The zero-order chi connectivity index (χ0) is 13.4. The Morgan fingerprint density at radius 2 is 2.00 bits per heavy atom. The van der Waals surface area contributed by atoms with Crippen LogP contribution in [0.3, 0.4) is 0 Å². The fraction of sp³-hybridized carbons (Fsp3) is 0.500. The number of carbonyl (C=O) groups is 1. The molecule has 0 heterocycles. The highest BCUT2D eigenvalue weighted by molar-refractivity contribution is 5.77. The summed E-state index contributed by atoms with van der Waals surface area (Å²) in [6.07, 6.45) is 0. The zero-order valence-corrected chi connectivity index (χ0v) is 11.3. The number of benzene rings is 1. The van der Waals surface area contributed by atoms with E-state index in [4.69, 9.17) is 4.74 Å². The maximum absolute atomic E-state index is 11.4. The highest BCUT2D eigenvalue weighted by Crippen LogP contribution is 2.24. The van der Waals surface area contributed by atoms with Crippen LogP contribution >= 0.6 is 0 Å². The lowest BCUT2D eigenvalue weighted by Gasteiger charge is -2.17. The average Bonchev–Trinajstić information content (AvgIpc) is 2.37. The smallest absolute Gasteiger partial charge is 0.257 e. The predicted octanol–water partition coefficient (Wildman–Crippen LogP) is 1.87. The minimum Gasteiger partial charge on any atom is -0.483 e. The summed E-state index contributed by atoms with van der Waals surface area (Å²) in [7, 11) is 0. The third-order valence-electron chi connectivity index (χ3n) is 2.63. The molecule has 0 saturated heterocycles. The van der Waals surface area contributed by atoms with Crippen molar-refractivity contribution in [2.24, 2.45) is 0 Å². The zero-order valence-electron chi connectivity index (χ0n) is 11.3. The predicted molar refractivity (Wildman–Crippen MR) is 72.7 cm³/mol. The Morgan fingerprint density at radius 3 is 2.67 bits per heavy atom. The maximum atomic E-state index is 11.4. The molecule has 0 aromatic heterocycles. The van der Waals surface area contributed by atoms with E-state index >= 15 is 0 Å². The van der Waals surface area contributed by atoms with Gasteiger partial charge in [0.25, 0.3) is 5.91 Å². The highest BCUT2D eigenvalue weighted by atomic mass is 16.5. The normalized spacial score (nSPS) is 11.9. The molecule has 0 bridgehead atoms. The molecule has 1 amide bonds. The van der Waals surface area contributed by atoms with Crippen molar-refractivity contribution in [3.8, 4) is 5.75 Å². The monoisotopic (exact) mass is 250 g/mol. The molecule has 4 heteroatoms. The first-order chi connectivity index (χ1) is 8.69. The molecule has 1 aromatic rings. The lowest BCUT2D eigenvalue weighted by molar-refractivity contribution is -0.123. The Morgan fingerprint density at radius 1 is 1.28 bits per heavy atom. The molecule has 0 radical (unpaired) electrons. The summed E-state index contributed by atoms with van der Waals surface area (Å²) >= 11 is 0. The van der Waals surface area contributed by atoms with Crippen LogP contribution in [0.1, 0.15) is 32.4 Å². The molecule has 100 valence electrons. The van der Waals surface area contributed by atoms with Crippen molar-refractivity contribution in [3.05, 3.63) is 29.8 Å². The van der Waals surface area contributed by atoms with E-state index in [9.17, 15) is 4.79 Å². The van der Waals surface area contributed by atoms with E-state index in [1.807, 2.05) is 31.2 Å². The van der Waals surface area contributed by atoms with Gasteiger partial charge in [-0.05, 0) is 26.5 Å². The lowest BCUT2D eigenvalue weighted by atomic mass is 10.1. The molecule has 1 unspecified atom stereocenters. The minimum atomic E-state index is -0.0941. The molecule has 0 spiro atoms. The number of amides is 1. The Balaban J connectivity index is 2.67. The first kappa shape index (κ1) is 14.5. The van der Waals surface area contributed by atoms with Crippen LogP contribution in [0.15, 0.2) is 24.3 Å². The SMILES string of the molecule is CCNC(=O)COc1ccccc1C(C)NCC. The summed E-state index contributed by atoms with van der Waals surface area (Å²) in [4.78, 5) is 11.4. The number of hydrogen-bond donors (Lipinski definition) is 2. The molecule has 0 fully saturated rings. The summed E-state index contributed by atoms with van der Waals surface area (Å²) in [6.45, 7) is 7.61. The van der Waals surface area contributed by atoms with Gasteiger partial charge in [-0.25, -0.2) is 0 Å². The van der Waals surface area contributed by atoms with E-state index in [2.05, 4.69) is 24.5 Å². The number of para-hydroxylation sites is 1. The summed E-state index contributed by atoms with van der Waals surface area (Å²) < 4.78 is 5.57. The van der Waals surface area contributed by atoms with Crippen molar-refractivity contribution in [2.75, 3.05) is 19.7 Å². The molecule has 0 aliphatic heterocycles. The van der Waals surface area contributed by atoms with Gasteiger partial charge in [0.1, 0.15) is 5.75 Å². The van der Waals surface area contributed by atoms with Crippen LogP contribution in [0.5, 0.6) is 5.75 Å². The lowest BCUT2D eigenvalue weighted by Crippen LogP contribution is -2.28. The molecule has 1 aromatic carbocycles. The van der Waals surface area contributed by atoms with Crippen LogP contribution in [0, 0.1) is 0 Å². The second kappa shape index (κ2) is 7.71. The van der Waals surface area contributed by atoms with E-state index < -0.39 is 0 Å². The molecule has 1 atom stereocenters. The van der Waals surface area contributed by atoms with Gasteiger partial charge in [0, 0.05) is 18.2 Å². The van der Waals surface area contributed by atoms with Crippen LogP contribution in [-0.2, 0) is 4.79 Å². The van der Waals surface area contributed by atoms with Crippen molar-refractivity contribution in [1.29, 1.82) is 0 Å². The molecule has 18 heavy (non-hydrogen) atoms. The fourth-order valence-electron chi connectivity index (χ4n) is 1.78. The second-order valence-electron chi connectivity index (χ2n) is 4.06. The molecular formula is C14H22N2O2. The number of likely N-dealkylation sites (N-methyl/N-ethyl adjacent to an activating group) is 1. The summed E-state index contributed by atoms with van der Waals surface area (Å²) in [5, 5.41) is 6.04. The van der Waals surface area contributed by atoms with Crippen molar-refractivity contribution >= 4 is 5.91 Å². The molecule has 2 N–H and O–H groups in total. The number of nitrogens with one attached hydrogen (secondary N) is 2. The van der Waals surface area contributed by atoms with Crippen molar-refractivity contribution in [3.63, 3.8) is 0 Å². The molecule has 4 nitrogen and oxygen atoms in total. The van der Waals surface area contributed by atoms with E-state index in [-0.39, 0.29) is 18.6 Å². The second-order valence-corrected chi connectivity index (χ2v) is 4.06. The van der Waals surface area contributed by atoms with Crippen molar-refractivity contribution < 1.29 is 9.53 Å². The van der Waals surface area contributed by atoms with Gasteiger partial charge < -0.3 is 15.4 Å². The van der Waals surface area contributed by atoms with E-state index in [1.165, 1.54) is 0 Å². The Labute approximate surface area is 109 Å². The van der Waals surface area contributed by atoms with Crippen LogP contribution in [-0.4, -0.2) is 25.6 Å². The van der Waals surface area contributed by atoms with Crippen molar-refractivity contribution in [2.45, 2.75) is 26.8 Å². The first-order valence-corrected chi connectivity index (χ1v) is 6.40. The minimum absolute atomic E-state index is 0.0592. The molecular weight excluding hydrogens is 228 g/mol. The van der Waals surface area contributed by atoms with Crippen molar-refractivity contribution in [1.82, 2.24) is 10.6 Å². The molecule has 0 aliphatic carbocycles. The third kappa shape index (κ3) is 4.37.